The van der Waals surface area contributed by atoms with Crippen molar-refractivity contribution in [3.05, 3.63) is 120 Å². The molecule has 4 rings (SSSR count). The van der Waals surface area contributed by atoms with Crippen molar-refractivity contribution in [1.82, 2.24) is 5.32 Å². The predicted octanol–water partition coefficient (Wildman–Crippen LogP) is 3.15. The van der Waals surface area contributed by atoms with Crippen molar-refractivity contribution in [3.8, 4) is 0 Å². The second-order valence-corrected chi connectivity index (χ2v) is 8.96. The van der Waals surface area contributed by atoms with Gasteiger partial charge in [0.15, 0.2) is 6.29 Å². The molecule has 0 aliphatic carbocycles. The molecule has 7 heteroatoms. The van der Waals surface area contributed by atoms with Gasteiger partial charge < -0.3 is 29.7 Å². The van der Waals surface area contributed by atoms with Gasteiger partial charge in [-0.1, -0.05) is 97.1 Å². The van der Waals surface area contributed by atoms with Crippen molar-refractivity contribution < 1.29 is 29.2 Å². The summed E-state index contributed by atoms with van der Waals surface area (Å²) in [4.78, 5) is 11.7. The summed E-state index contributed by atoms with van der Waals surface area (Å²) in [6.07, 6.45) is -3.07. The molecular formula is C30H33NO6. The first-order valence-electron chi connectivity index (χ1n) is 12.3. The molecule has 0 spiro atoms. The fourth-order valence-electron chi connectivity index (χ4n) is 4.74. The van der Waals surface area contributed by atoms with Gasteiger partial charge in [-0.2, -0.15) is 0 Å². The summed E-state index contributed by atoms with van der Waals surface area (Å²) in [5.41, 5.74) is 1.67. The van der Waals surface area contributed by atoms with Crippen LogP contribution in [-0.4, -0.2) is 60.0 Å². The van der Waals surface area contributed by atoms with Crippen LogP contribution in [0.2, 0.25) is 0 Å². The van der Waals surface area contributed by atoms with E-state index in [9.17, 15) is 15.0 Å². The Balaban J connectivity index is 1.71. The molecule has 5 atom stereocenters. The van der Waals surface area contributed by atoms with Crippen LogP contribution < -0.4 is 5.32 Å². The lowest BCUT2D eigenvalue weighted by Crippen LogP contribution is -2.64. The maximum absolute atomic E-state index is 11.7. The van der Waals surface area contributed by atoms with E-state index in [0.29, 0.717) is 0 Å². The smallest absolute Gasteiger partial charge is 0.217 e. The lowest BCUT2D eigenvalue weighted by Gasteiger charge is -2.44. The second kappa shape index (κ2) is 12.3. The molecule has 7 nitrogen and oxygen atoms in total. The standard InChI is InChI=1S/C30H33NO6/c1-3-19-35-29-26(31-21(2)32)28(34)27(33)25(37-29)20-36-30(22-13-7-4-8-14-22,23-15-9-5-10-16-23)24-17-11-6-12-18-24/h3-18,25-29,33-34H,1,19-20H2,2H3,(H,31,32)/t25-,26+,27-,28-,29+/m1/s1. The molecule has 1 aliphatic heterocycles. The van der Waals surface area contributed by atoms with Gasteiger partial charge in [0.05, 0.1) is 13.2 Å². The van der Waals surface area contributed by atoms with Gasteiger partial charge in [-0.25, -0.2) is 0 Å². The van der Waals surface area contributed by atoms with Crippen molar-refractivity contribution in [1.29, 1.82) is 0 Å². The molecule has 1 aliphatic rings. The van der Waals surface area contributed by atoms with Crippen LogP contribution in [0, 0.1) is 0 Å². The average molecular weight is 504 g/mol. The number of ether oxygens (including phenoxy) is 3. The first-order valence-corrected chi connectivity index (χ1v) is 12.3. The lowest BCUT2D eigenvalue weighted by atomic mass is 9.80. The highest BCUT2D eigenvalue weighted by Gasteiger charge is 2.47. The average Bonchev–Trinajstić information content (AvgIpc) is 2.93. The van der Waals surface area contributed by atoms with Crippen molar-refractivity contribution in [2.45, 2.75) is 43.2 Å². The van der Waals surface area contributed by atoms with Crippen LogP contribution >= 0.6 is 0 Å². The molecule has 1 amide bonds. The SMILES string of the molecule is C=CCO[C@H]1O[C@H](COC(c2ccccc2)(c2ccccc2)c2ccccc2)[C@@H](O)[C@H](O)[C@@H]1NC(C)=O. The number of rotatable bonds is 10. The van der Waals surface area contributed by atoms with E-state index in [-0.39, 0.29) is 19.1 Å². The molecule has 194 valence electrons. The Morgan fingerprint density at radius 3 is 1.84 bits per heavy atom. The number of hydrogen-bond donors (Lipinski definition) is 3. The van der Waals surface area contributed by atoms with Crippen LogP contribution in [0.3, 0.4) is 0 Å². The fourth-order valence-corrected chi connectivity index (χ4v) is 4.74. The van der Waals surface area contributed by atoms with E-state index in [2.05, 4.69) is 11.9 Å². The fraction of sp³-hybridized carbons (Fsp3) is 0.300. The van der Waals surface area contributed by atoms with Crippen LogP contribution in [0.1, 0.15) is 23.6 Å². The van der Waals surface area contributed by atoms with Crippen molar-refractivity contribution in [2.24, 2.45) is 0 Å². The van der Waals surface area contributed by atoms with Gasteiger partial charge in [0.1, 0.15) is 30.0 Å². The Labute approximate surface area is 217 Å². The van der Waals surface area contributed by atoms with E-state index in [1.165, 1.54) is 6.92 Å². The monoisotopic (exact) mass is 503 g/mol. The van der Waals surface area contributed by atoms with E-state index in [1.807, 2.05) is 91.0 Å². The third-order valence-corrected chi connectivity index (χ3v) is 6.45. The van der Waals surface area contributed by atoms with E-state index >= 15 is 0 Å². The minimum absolute atomic E-state index is 0.0718. The topological polar surface area (TPSA) is 97.2 Å². The Morgan fingerprint density at radius 1 is 0.919 bits per heavy atom. The molecule has 0 bridgehead atoms. The number of benzene rings is 3. The summed E-state index contributed by atoms with van der Waals surface area (Å²) in [6.45, 7) is 5.04. The Morgan fingerprint density at radius 2 is 1.41 bits per heavy atom. The van der Waals surface area contributed by atoms with E-state index in [1.54, 1.807) is 6.08 Å². The van der Waals surface area contributed by atoms with Gasteiger partial charge in [-0.05, 0) is 16.7 Å². The van der Waals surface area contributed by atoms with Crippen LogP contribution in [0.4, 0.5) is 0 Å². The van der Waals surface area contributed by atoms with Gasteiger partial charge in [-0.3, -0.25) is 4.79 Å². The summed E-state index contributed by atoms with van der Waals surface area (Å²) in [6, 6.07) is 28.6. The molecule has 1 heterocycles. The summed E-state index contributed by atoms with van der Waals surface area (Å²) in [5.74, 6) is -0.377. The number of aliphatic hydroxyl groups excluding tert-OH is 2. The second-order valence-electron chi connectivity index (χ2n) is 8.96. The maximum atomic E-state index is 11.7. The molecule has 3 N–H and O–H groups in total. The third kappa shape index (κ3) is 5.82. The van der Waals surface area contributed by atoms with Gasteiger partial charge in [-0.15, -0.1) is 6.58 Å². The zero-order valence-electron chi connectivity index (χ0n) is 20.8. The Hall–Kier alpha value is -3.33. The van der Waals surface area contributed by atoms with Crippen LogP contribution in [-0.2, 0) is 24.6 Å². The van der Waals surface area contributed by atoms with Gasteiger partial charge in [0, 0.05) is 6.92 Å². The number of carbonyl (C=O) groups excluding carboxylic acids is 1. The zero-order chi connectivity index (χ0) is 26.3. The maximum Gasteiger partial charge on any atom is 0.217 e. The Bertz CT molecular complexity index is 1040. The summed E-state index contributed by atoms with van der Waals surface area (Å²) in [7, 11) is 0. The predicted molar refractivity (Wildman–Crippen MR) is 140 cm³/mol. The number of aliphatic hydroxyl groups is 2. The van der Waals surface area contributed by atoms with Crippen molar-refractivity contribution in [2.75, 3.05) is 13.2 Å². The molecule has 3 aromatic rings. The minimum Gasteiger partial charge on any atom is -0.388 e. The number of amides is 1. The molecule has 0 saturated carbocycles. The van der Waals surface area contributed by atoms with Crippen LogP contribution in [0.25, 0.3) is 0 Å². The number of nitrogens with one attached hydrogen (secondary N) is 1. The lowest BCUT2D eigenvalue weighted by molar-refractivity contribution is -0.273. The highest BCUT2D eigenvalue weighted by atomic mass is 16.7. The summed E-state index contributed by atoms with van der Waals surface area (Å²) in [5, 5.41) is 24.5. The Kier molecular flexibility index (Phi) is 8.87. The molecule has 0 aromatic heterocycles. The number of hydrogen-bond acceptors (Lipinski definition) is 6. The highest BCUT2D eigenvalue weighted by molar-refractivity contribution is 5.73. The van der Waals surface area contributed by atoms with Crippen LogP contribution in [0.5, 0.6) is 0 Å². The highest BCUT2D eigenvalue weighted by Crippen LogP contribution is 2.41. The van der Waals surface area contributed by atoms with E-state index in [0.717, 1.165) is 16.7 Å². The zero-order valence-corrected chi connectivity index (χ0v) is 20.8. The van der Waals surface area contributed by atoms with E-state index < -0.39 is 36.2 Å². The van der Waals surface area contributed by atoms with E-state index in [4.69, 9.17) is 14.2 Å². The quantitative estimate of drug-likeness (QED) is 0.291. The summed E-state index contributed by atoms with van der Waals surface area (Å²) >= 11 is 0. The molecule has 3 aromatic carbocycles. The van der Waals surface area contributed by atoms with Crippen molar-refractivity contribution >= 4 is 5.91 Å². The number of carbonyl (C=O) groups is 1. The molecular weight excluding hydrogens is 470 g/mol. The third-order valence-electron chi connectivity index (χ3n) is 6.45. The van der Waals surface area contributed by atoms with Gasteiger partial charge in [0.2, 0.25) is 5.91 Å². The van der Waals surface area contributed by atoms with Gasteiger partial charge in [0.25, 0.3) is 0 Å². The van der Waals surface area contributed by atoms with Crippen LogP contribution in [0.15, 0.2) is 104 Å². The molecule has 1 saturated heterocycles. The molecule has 0 radical (unpaired) electrons. The van der Waals surface area contributed by atoms with Crippen molar-refractivity contribution in [3.63, 3.8) is 0 Å². The molecule has 1 fully saturated rings. The van der Waals surface area contributed by atoms with Gasteiger partial charge >= 0.3 is 0 Å². The normalized spacial score (nSPS) is 23.8. The summed E-state index contributed by atoms with van der Waals surface area (Å²) < 4.78 is 18.5. The largest absolute Gasteiger partial charge is 0.388 e. The molecule has 37 heavy (non-hydrogen) atoms. The first-order chi connectivity index (χ1) is 18.0. The minimum atomic E-state index is -1.33. The molecule has 0 unspecified atom stereocenters. The first kappa shape index (κ1) is 26.7.